The van der Waals surface area contributed by atoms with Gasteiger partial charge in [-0.3, -0.25) is 38.3 Å². The third kappa shape index (κ3) is 8.95. The van der Waals surface area contributed by atoms with Crippen LogP contribution >= 0.6 is 0 Å². The van der Waals surface area contributed by atoms with Gasteiger partial charge >= 0.3 is 35.5 Å². The standard InChI is InChI=1S/C26H34N2O15/c1-11-8-28(26(35)27-24(11)34)20-7-17(18(41-20)9-36-12(2)29)42-25-23(40-16(6)33)22(39-15(5)32)21(38-14(4)31)19(43-25)10-37-13(3)30/h8,17-23,25H,7,9-10H2,1-6H3,(H,27,34,35)/t17-,18+,19+,20+,21-,22-,23+,25+/m0/s1. The number of aryl methyl sites for hydroxylation is 1. The minimum absolute atomic E-state index is 0.0514. The fourth-order valence-corrected chi connectivity index (χ4v) is 4.63. The largest absolute Gasteiger partial charge is 0.463 e. The molecule has 17 nitrogen and oxygen atoms in total. The third-order valence-electron chi connectivity index (χ3n) is 6.34. The molecule has 0 bridgehead atoms. The van der Waals surface area contributed by atoms with E-state index in [1.807, 2.05) is 0 Å². The summed E-state index contributed by atoms with van der Waals surface area (Å²) in [4.78, 5) is 85.9. The van der Waals surface area contributed by atoms with Crippen LogP contribution in [0.25, 0.3) is 0 Å². The molecule has 238 valence electrons. The second-order valence-corrected chi connectivity index (χ2v) is 9.89. The fraction of sp³-hybridized carbons (Fsp3) is 0.654. The zero-order chi connectivity index (χ0) is 32.0. The number of carbonyl (C=O) groups is 5. The highest BCUT2D eigenvalue weighted by Crippen LogP contribution is 2.35. The van der Waals surface area contributed by atoms with Gasteiger partial charge in [0.1, 0.15) is 31.6 Å². The van der Waals surface area contributed by atoms with Gasteiger partial charge < -0.3 is 37.9 Å². The predicted octanol–water partition coefficient (Wildman–Crippen LogP) is -0.836. The molecular weight excluding hydrogens is 580 g/mol. The highest BCUT2D eigenvalue weighted by atomic mass is 16.7. The minimum Gasteiger partial charge on any atom is -0.463 e. The maximum absolute atomic E-state index is 12.5. The maximum Gasteiger partial charge on any atom is 0.330 e. The first-order valence-electron chi connectivity index (χ1n) is 13.2. The summed E-state index contributed by atoms with van der Waals surface area (Å²) in [6.45, 7) is 6.27. The number of nitrogens with zero attached hydrogens (tertiary/aromatic N) is 1. The average Bonchev–Trinajstić information content (AvgIpc) is 3.28. The molecule has 3 heterocycles. The van der Waals surface area contributed by atoms with Crippen molar-refractivity contribution in [3.63, 3.8) is 0 Å². The number of aromatic nitrogens is 2. The highest BCUT2D eigenvalue weighted by molar-refractivity contribution is 5.68. The number of esters is 5. The van der Waals surface area contributed by atoms with E-state index >= 15 is 0 Å². The Kier molecular flexibility index (Phi) is 11.2. The SMILES string of the molecule is CC(=O)OC[C@H]1O[C@@H](O[C@H]2C[C@H](n3cc(C)c(=O)[nH]c3=O)O[C@@H]2COC(C)=O)[C@H](OC(C)=O)[C@@H](OC(C)=O)[C@H]1OC(C)=O. The Hall–Kier alpha value is -4.09. The lowest BCUT2D eigenvalue weighted by Crippen LogP contribution is -2.63. The number of carbonyl (C=O) groups excluding carboxylic acids is 5. The van der Waals surface area contributed by atoms with Crippen LogP contribution in [-0.2, 0) is 61.9 Å². The second-order valence-electron chi connectivity index (χ2n) is 9.89. The van der Waals surface area contributed by atoms with Gasteiger partial charge in [-0.2, -0.15) is 0 Å². The summed E-state index contributed by atoms with van der Waals surface area (Å²) in [7, 11) is 0. The lowest BCUT2D eigenvalue weighted by atomic mass is 9.98. The Morgan fingerprint density at radius 1 is 0.791 bits per heavy atom. The van der Waals surface area contributed by atoms with Crippen molar-refractivity contribution in [2.24, 2.45) is 0 Å². The highest BCUT2D eigenvalue weighted by Gasteiger charge is 2.54. The second kappa shape index (κ2) is 14.4. The first kappa shape index (κ1) is 33.4. The van der Waals surface area contributed by atoms with E-state index in [4.69, 9.17) is 37.9 Å². The number of nitrogens with one attached hydrogen (secondary N) is 1. The lowest BCUT2D eigenvalue weighted by Gasteiger charge is -2.44. The molecule has 0 amide bonds. The summed E-state index contributed by atoms with van der Waals surface area (Å²) >= 11 is 0. The van der Waals surface area contributed by atoms with Gasteiger partial charge in [0.05, 0.1) is 6.10 Å². The lowest BCUT2D eigenvalue weighted by molar-refractivity contribution is -0.319. The number of hydrogen-bond donors (Lipinski definition) is 1. The minimum atomic E-state index is -1.54. The topological polar surface area (TPSA) is 214 Å². The Labute approximate surface area is 244 Å². The quantitative estimate of drug-likeness (QED) is 0.251. The summed E-state index contributed by atoms with van der Waals surface area (Å²) in [5, 5.41) is 0. The first-order chi connectivity index (χ1) is 20.2. The molecule has 1 N–H and O–H groups in total. The van der Waals surface area contributed by atoms with E-state index in [0.717, 1.165) is 32.3 Å². The Morgan fingerprint density at radius 2 is 1.33 bits per heavy atom. The molecule has 43 heavy (non-hydrogen) atoms. The van der Waals surface area contributed by atoms with E-state index in [1.54, 1.807) is 0 Å². The normalized spacial score (nSPS) is 28.4. The van der Waals surface area contributed by atoms with Crippen LogP contribution in [0, 0.1) is 6.92 Å². The van der Waals surface area contributed by atoms with Crippen molar-refractivity contribution in [2.45, 2.75) is 97.1 Å². The van der Waals surface area contributed by atoms with E-state index in [9.17, 15) is 33.6 Å². The van der Waals surface area contributed by atoms with Crippen LogP contribution in [0.3, 0.4) is 0 Å². The van der Waals surface area contributed by atoms with Crippen LogP contribution < -0.4 is 11.2 Å². The van der Waals surface area contributed by atoms with Crippen LogP contribution in [0.2, 0.25) is 0 Å². The molecule has 17 heteroatoms. The Balaban J connectivity index is 2.00. The van der Waals surface area contributed by atoms with Gasteiger partial charge in [0.25, 0.3) is 5.56 Å². The number of aromatic amines is 1. The molecule has 1 aromatic rings. The van der Waals surface area contributed by atoms with E-state index in [2.05, 4.69) is 4.98 Å². The van der Waals surface area contributed by atoms with Crippen molar-refractivity contribution in [2.75, 3.05) is 13.2 Å². The first-order valence-corrected chi connectivity index (χ1v) is 13.2. The van der Waals surface area contributed by atoms with Crippen LogP contribution in [0.4, 0.5) is 0 Å². The zero-order valence-electron chi connectivity index (χ0n) is 24.4. The molecule has 0 spiro atoms. The van der Waals surface area contributed by atoms with Crippen molar-refractivity contribution >= 4 is 29.8 Å². The van der Waals surface area contributed by atoms with Gasteiger partial charge in [-0.25, -0.2) is 4.79 Å². The molecule has 2 aliphatic heterocycles. The van der Waals surface area contributed by atoms with Crippen molar-refractivity contribution in [1.29, 1.82) is 0 Å². The monoisotopic (exact) mass is 614 g/mol. The molecule has 2 saturated heterocycles. The molecule has 3 rings (SSSR count). The summed E-state index contributed by atoms with van der Waals surface area (Å²) in [5.74, 6) is -3.77. The van der Waals surface area contributed by atoms with Crippen molar-refractivity contribution in [3.05, 3.63) is 32.6 Å². The molecule has 8 atom stereocenters. The molecule has 2 aliphatic rings. The zero-order valence-corrected chi connectivity index (χ0v) is 24.4. The molecule has 0 radical (unpaired) electrons. The summed E-state index contributed by atoms with van der Waals surface area (Å²) < 4.78 is 45.6. The smallest absolute Gasteiger partial charge is 0.330 e. The van der Waals surface area contributed by atoms with Gasteiger partial charge in [0, 0.05) is 52.8 Å². The summed E-state index contributed by atoms with van der Waals surface area (Å²) in [6.07, 6.45) is -8.94. The van der Waals surface area contributed by atoms with E-state index < -0.39 is 96.8 Å². The van der Waals surface area contributed by atoms with Crippen LogP contribution in [0.1, 0.15) is 52.8 Å². The van der Waals surface area contributed by atoms with Gasteiger partial charge in [0.2, 0.25) is 0 Å². The molecule has 0 aliphatic carbocycles. The predicted molar refractivity (Wildman–Crippen MR) is 138 cm³/mol. The van der Waals surface area contributed by atoms with Crippen molar-refractivity contribution in [1.82, 2.24) is 9.55 Å². The van der Waals surface area contributed by atoms with Gasteiger partial charge in [-0.15, -0.1) is 0 Å². The van der Waals surface area contributed by atoms with E-state index in [-0.39, 0.29) is 18.6 Å². The maximum atomic E-state index is 12.5. The number of ether oxygens (including phenoxy) is 8. The average molecular weight is 615 g/mol. The van der Waals surface area contributed by atoms with Crippen LogP contribution in [-0.4, -0.2) is 95.5 Å². The molecule has 2 fully saturated rings. The number of hydrogen-bond acceptors (Lipinski definition) is 15. The van der Waals surface area contributed by atoms with Gasteiger partial charge in [0.15, 0.2) is 24.6 Å². The molecule has 0 unspecified atom stereocenters. The Morgan fingerprint density at radius 3 is 1.88 bits per heavy atom. The van der Waals surface area contributed by atoms with Crippen molar-refractivity contribution < 1.29 is 61.9 Å². The molecule has 0 aromatic carbocycles. The van der Waals surface area contributed by atoms with Gasteiger partial charge in [-0.05, 0) is 6.92 Å². The molecule has 1 aromatic heterocycles. The fourth-order valence-electron chi connectivity index (χ4n) is 4.63. The van der Waals surface area contributed by atoms with E-state index in [0.29, 0.717) is 0 Å². The number of rotatable bonds is 10. The summed E-state index contributed by atoms with van der Waals surface area (Å²) in [5.41, 5.74) is -1.12. The third-order valence-corrected chi connectivity index (χ3v) is 6.34. The van der Waals surface area contributed by atoms with Gasteiger partial charge in [-0.1, -0.05) is 0 Å². The van der Waals surface area contributed by atoms with E-state index in [1.165, 1.54) is 20.0 Å². The number of H-pyrrole nitrogens is 1. The molecular formula is C26H34N2O15. The van der Waals surface area contributed by atoms with Crippen molar-refractivity contribution in [3.8, 4) is 0 Å². The molecule has 0 saturated carbocycles. The van der Waals surface area contributed by atoms with Crippen LogP contribution in [0.5, 0.6) is 0 Å². The Bertz CT molecular complexity index is 1340. The summed E-state index contributed by atoms with van der Waals surface area (Å²) in [6, 6.07) is 0. The van der Waals surface area contributed by atoms with Crippen LogP contribution in [0.15, 0.2) is 15.8 Å².